The number of esters is 1. The molecule has 1 amide bonds. The van der Waals surface area contributed by atoms with Crippen molar-refractivity contribution < 1.29 is 18.7 Å². The first-order chi connectivity index (χ1) is 12.8. The van der Waals surface area contributed by atoms with Crippen LogP contribution in [0.15, 0.2) is 60.6 Å². The summed E-state index contributed by atoms with van der Waals surface area (Å²) in [5.41, 5.74) is 1.44. The van der Waals surface area contributed by atoms with Crippen molar-refractivity contribution in [3.63, 3.8) is 0 Å². The Bertz CT molecular complexity index is 1080. The zero-order valence-corrected chi connectivity index (χ0v) is 17.2. The molecule has 0 spiro atoms. The van der Waals surface area contributed by atoms with E-state index in [4.69, 9.17) is 9.15 Å². The topological polar surface area (TPSA) is 85.6 Å². The van der Waals surface area contributed by atoms with Crippen LogP contribution >= 0.6 is 31.9 Å². The van der Waals surface area contributed by atoms with Gasteiger partial charge in [0.1, 0.15) is 5.58 Å². The molecule has 1 aromatic heterocycles. The van der Waals surface area contributed by atoms with Gasteiger partial charge in [0.15, 0.2) is 12.0 Å². The number of para-hydroxylation sites is 1. The zero-order chi connectivity index (χ0) is 19.6. The third kappa shape index (κ3) is 4.45. The van der Waals surface area contributed by atoms with Crippen LogP contribution in [0, 0.1) is 6.92 Å². The molecule has 3 rings (SSSR count). The number of halogens is 2. The molecule has 1 heterocycles. The molecule has 0 bridgehead atoms. The number of carbonyl (C=O) groups is 2. The Balaban J connectivity index is 1.69. The lowest BCUT2D eigenvalue weighted by atomic mass is 10.2. The number of aryl methyl sites for hydroxylation is 1. The van der Waals surface area contributed by atoms with Crippen LogP contribution < -0.4 is 10.7 Å². The van der Waals surface area contributed by atoms with Gasteiger partial charge in [0, 0.05) is 15.0 Å². The second-order valence-corrected chi connectivity index (χ2v) is 7.41. The molecule has 2 aromatic carbocycles. The third-order valence-corrected chi connectivity index (χ3v) is 4.87. The highest BCUT2D eigenvalue weighted by molar-refractivity contribution is 9.11. The van der Waals surface area contributed by atoms with Crippen molar-refractivity contribution in [2.45, 2.75) is 6.92 Å². The van der Waals surface area contributed by atoms with Crippen LogP contribution in [0.4, 0.5) is 5.69 Å². The molecule has 3 aromatic rings. The van der Waals surface area contributed by atoms with Gasteiger partial charge in [0.2, 0.25) is 5.76 Å². The summed E-state index contributed by atoms with van der Waals surface area (Å²) in [6.45, 7) is 1.39. The molecule has 138 valence electrons. The van der Waals surface area contributed by atoms with Crippen LogP contribution in [-0.2, 0) is 9.53 Å². The van der Waals surface area contributed by atoms with E-state index in [1.54, 1.807) is 24.3 Å². The van der Waals surface area contributed by atoms with Crippen molar-refractivity contribution in [2.24, 2.45) is 0 Å². The smallest absolute Gasteiger partial charge is 0.374 e. The van der Waals surface area contributed by atoms with Gasteiger partial charge in [-0.05, 0) is 68.6 Å². The molecule has 8 heteroatoms. The number of hydrogen-bond donors (Lipinski definition) is 1. The maximum Gasteiger partial charge on any atom is 0.374 e. The first-order valence-electron chi connectivity index (χ1n) is 7.80. The van der Waals surface area contributed by atoms with Gasteiger partial charge >= 0.3 is 5.97 Å². The number of carbonyl (C=O) groups excluding carboxylic acids is 2. The van der Waals surface area contributed by atoms with Gasteiger partial charge in [-0.25, -0.2) is 4.79 Å². The SMILES string of the molecule is Cc1cc(Br)c(NC(=O)COC(=O)c2cc(=O)c3ccccc3o2)c(Br)c1. The number of nitrogens with one attached hydrogen (secondary N) is 1. The van der Waals surface area contributed by atoms with Crippen LogP contribution in [0.2, 0.25) is 0 Å². The van der Waals surface area contributed by atoms with Crippen LogP contribution in [0.3, 0.4) is 0 Å². The summed E-state index contributed by atoms with van der Waals surface area (Å²) in [6.07, 6.45) is 0. The average Bonchev–Trinajstić information content (AvgIpc) is 2.62. The van der Waals surface area contributed by atoms with E-state index in [0.717, 1.165) is 11.6 Å². The van der Waals surface area contributed by atoms with Crippen LogP contribution in [-0.4, -0.2) is 18.5 Å². The largest absolute Gasteiger partial charge is 0.450 e. The van der Waals surface area contributed by atoms with Crippen molar-refractivity contribution in [1.29, 1.82) is 0 Å². The summed E-state index contributed by atoms with van der Waals surface area (Å²) in [6, 6.07) is 11.3. The zero-order valence-electron chi connectivity index (χ0n) is 14.0. The molecule has 0 fully saturated rings. The highest BCUT2D eigenvalue weighted by atomic mass is 79.9. The number of hydrogen-bond acceptors (Lipinski definition) is 5. The van der Waals surface area contributed by atoms with Crippen molar-refractivity contribution in [2.75, 3.05) is 11.9 Å². The number of rotatable bonds is 4. The van der Waals surface area contributed by atoms with E-state index in [1.807, 2.05) is 19.1 Å². The summed E-state index contributed by atoms with van der Waals surface area (Å²) in [5, 5.41) is 3.01. The quantitative estimate of drug-likeness (QED) is 0.542. The Morgan fingerprint density at radius 3 is 2.48 bits per heavy atom. The minimum absolute atomic E-state index is 0.260. The van der Waals surface area contributed by atoms with E-state index in [9.17, 15) is 14.4 Å². The summed E-state index contributed by atoms with van der Waals surface area (Å²) in [4.78, 5) is 36.2. The van der Waals surface area contributed by atoms with Gasteiger partial charge < -0.3 is 14.5 Å². The number of ether oxygens (including phenoxy) is 1. The predicted octanol–water partition coefficient (Wildman–Crippen LogP) is 4.42. The molecular weight excluding hydrogens is 482 g/mol. The van der Waals surface area contributed by atoms with Gasteiger partial charge in [-0.2, -0.15) is 0 Å². The maximum atomic E-state index is 12.1. The van der Waals surface area contributed by atoms with Crippen molar-refractivity contribution in [3.05, 3.63) is 73.0 Å². The third-order valence-electron chi connectivity index (χ3n) is 3.62. The van der Waals surface area contributed by atoms with E-state index in [2.05, 4.69) is 37.2 Å². The summed E-state index contributed by atoms with van der Waals surface area (Å²) < 4.78 is 11.7. The lowest BCUT2D eigenvalue weighted by molar-refractivity contribution is -0.119. The molecular formula is C19H13Br2NO5. The molecule has 0 radical (unpaired) electrons. The predicted molar refractivity (Wildman–Crippen MR) is 108 cm³/mol. The molecule has 27 heavy (non-hydrogen) atoms. The van der Waals surface area contributed by atoms with Gasteiger partial charge in [0.05, 0.1) is 11.1 Å². The lowest BCUT2D eigenvalue weighted by Crippen LogP contribution is -2.22. The van der Waals surface area contributed by atoms with E-state index in [1.165, 1.54) is 0 Å². The van der Waals surface area contributed by atoms with Crippen LogP contribution in [0.1, 0.15) is 16.1 Å². The monoisotopic (exact) mass is 493 g/mol. The van der Waals surface area contributed by atoms with E-state index in [0.29, 0.717) is 20.0 Å². The first-order valence-corrected chi connectivity index (χ1v) is 9.39. The highest BCUT2D eigenvalue weighted by Gasteiger charge is 2.16. The van der Waals surface area contributed by atoms with Gasteiger partial charge in [-0.1, -0.05) is 12.1 Å². The minimum Gasteiger partial charge on any atom is -0.450 e. The molecule has 0 saturated carbocycles. The first kappa shape index (κ1) is 19.3. The Hall–Kier alpha value is -2.45. The lowest BCUT2D eigenvalue weighted by Gasteiger charge is -2.11. The second-order valence-electron chi connectivity index (χ2n) is 5.70. The maximum absolute atomic E-state index is 12.1. The molecule has 6 nitrogen and oxygen atoms in total. The summed E-state index contributed by atoms with van der Waals surface area (Å²) in [5.74, 6) is -1.68. The standard InChI is InChI=1S/C19H13Br2NO5/c1-10-6-12(20)18(13(21)7-10)22-17(24)9-26-19(25)16-8-14(23)11-4-2-3-5-15(11)27-16/h2-8H,9H2,1H3,(H,22,24). The fraction of sp³-hybridized carbons (Fsp3) is 0.105. The Morgan fingerprint density at radius 1 is 1.11 bits per heavy atom. The Morgan fingerprint density at radius 2 is 1.78 bits per heavy atom. The molecule has 1 N–H and O–H groups in total. The average molecular weight is 495 g/mol. The van der Waals surface area contributed by atoms with E-state index in [-0.39, 0.29) is 16.8 Å². The van der Waals surface area contributed by atoms with Crippen molar-refractivity contribution >= 4 is 60.4 Å². The fourth-order valence-electron chi connectivity index (χ4n) is 2.40. The number of benzene rings is 2. The van der Waals surface area contributed by atoms with Gasteiger partial charge in [-0.15, -0.1) is 0 Å². The normalized spacial score (nSPS) is 10.6. The molecule has 0 saturated heterocycles. The van der Waals surface area contributed by atoms with Crippen molar-refractivity contribution in [1.82, 2.24) is 0 Å². The number of anilines is 1. The van der Waals surface area contributed by atoms with Crippen molar-refractivity contribution in [3.8, 4) is 0 Å². The molecule has 0 aliphatic heterocycles. The minimum atomic E-state index is -0.893. The molecule has 0 aliphatic rings. The van der Waals surface area contributed by atoms with E-state index >= 15 is 0 Å². The molecule has 0 atom stereocenters. The van der Waals surface area contributed by atoms with Gasteiger partial charge in [0.25, 0.3) is 5.91 Å². The number of fused-ring (bicyclic) bond motifs is 1. The van der Waals surface area contributed by atoms with Crippen LogP contribution in [0.5, 0.6) is 0 Å². The highest BCUT2D eigenvalue weighted by Crippen LogP contribution is 2.32. The molecule has 0 unspecified atom stereocenters. The number of amides is 1. The van der Waals surface area contributed by atoms with E-state index < -0.39 is 18.5 Å². The fourth-order valence-corrected chi connectivity index (χ4v) is 4.02. The van der Waals surface area contributed by atoms with Crippen LogP contribution in [0.25, 0.3) is 11.0 Å². The Labute approximate surface area is 170 Å². The summed E-state index contributed by atoms with van der Waals surface area (Å²) >= 11 is 6.74. The summed E-state index contributed by atoms with van der Waals surface area (Å²) in [7, 11) is 0. The van der Waals surface area contributed by atoms with Gasteiger partial charge in [-0.3, -0.25) is 9.59 Å². The molecule has 0 aliphatic carbocycles. The second kappa shape index (κ2) is 8.06. The Kier molecular flexibility index (Phi) is 5.76.